The number of amides is 1. The second-order valence-corrected chi connectivity index (χ2v) is 9.52. The molecule has 2 aromatic heterocycles. The predicted molar refractivity (Wildman–Crippen MR) is 131 cm³/mol. The summed E-state index contributed by atoms with van der Waals surface area (Å²) in [6.07, 6.45) is 2.21. The Morgan fingerprint density at radius 2 is 1.85 bits per heavy atom. The number of hydrogen-bond donors (Lipinski definition) is 0. The van der Waals surface area contributed by atoms with Crippen molar-refractivity contribution in [3.8, 4) is 11.6 Å². The van der Waals surface area contributed by atoms with Gasteiger partial charge in [0.05, 0.1) is 17.7 Å². The van der Waals surface area contributed by atoms with E-state index in [4.69, 9.17) is 4.42 Å². The van der Waals surface area contributed by atoms with Crippen molar-refractivity contribution >= 4 is 28.4 Å². The van der Waals surface area contributed by atoms with Gasteiger partial charge in [0.2, 0.25) is 5.91 Å². The van der Waals surface area contributed by atoms with Gasteiger partial charge in [0, 0.05) is 18.5 Å². The van der Waals surface area contributed by atoms with E-state index in [2.05, 4.69) is 22.2 Å². The molecule has 1 fully saturated rings. The molecule has 1 amide bonds. The third-order valence-electron chi connectivity index (χ3n) is 5.98. The summed E-state index contributed by atoms with van der Waals surface area (Å²) in [5, 5.41) is 14.4. The second-order valence-electron chi connectivity index (χ2n) is 8.59. The average Bonchev–Trinajstić information content (AvgIpc) is 3.34. The molecule has 174 valence electrons. The molecule has 1 aliphatic heterocycles. The van der Waals surface area contributed by atoms with Crippen LogP contribution in [0.25, 0.3) is 22.4 Å². The third kappa shape index (κ3) is 4.75. The molecule has 34 heavy (non-hydrogen) atoms. The van der Waals surface area contributed by atoms with Gasteiger partial charge in [0.15, 0.2) is 5.69 Å². The number of benzene rings is 2. The minimum Gasteiger partial charge on any atom is -0.409 e. The molecule has 1 unspecified atom stereocenters. The number of carbonyl (C=O) groups excluding carboxylic acids is 1. The minimum atomic E-state index is -0.182. The van der Waals surface area contributed by atoms with Crippen molar-refractivity contribution in [1.82, 2.24) is 24.9 Å². The lowest BCUT2D eigenvalue weighted by Gasteiger charge is -2.30. The number of aromatic nitrogens is 4. The monoisotopic (exact) mass is 475 g/mol. The summed E-state index contributed by atoms with van der Waals surface area (Å²) < 4.78 is 7.30. The Hall–Kier alpha value is -3.46. The lowest BCUT2D eigenvalue weighted by atomic mass is 10.0. The molecule has 5 rings (SSSR count). The number of likely N-dealkylation sites (tertiary alicyclic amines) is 1. The van der Waals surface area contributed by atoms with Crippen molar-refractivity contribution in [2.24, 2.45) is 5.92 Å². The predicted octanol–water partition coefficient (Wildman–Crippen LogP) is 3.85. The van der Waals surface area contributed by atoms with E-state index in [1.807, 2.05) is 53.4 Å². The van der Waals surface area contributed by atoms with E-state index in [-0.39, 0.29) is 23.1 Å². The van der Waals surface area contributed by atoms with Gasteiger partial charge in [-0.05, 0) is 30.4 Å². The van der Waals surface area contributed by atoms with Gasteiger partial charge in [-0.15, -0.1) is 10.2 Å². The Bertz CT molecular complexity index is 1370. The molecule has 0 radical (unpaired) electrons. The first-order valence-corrected chi connectivity index (χ1v) is 12.4. The van der Waals surface area contributed by atoms with Crippen LogP contribution in [0.2, 0.25) is 0 Å². The molecular weight excluding hydrogens is 450 g/mol. The molecule has 2 aromatic carbocycles. The molecule has 1 aliphatic rings. The van der Waals surface area contributed by atoms with Crippen molar-refractivity contribution in [1.29, 1.82) is 0 Å². The SMILES string of the molecule is CC1CCCN(C(=O)CSc2nnc(-c3nn(Cc4ccccc4)c(=O)c4ccccc34)o2)C1. The van der Waals surface area contributed by atoms with Crippen molar-refractivity contribution < 1.29 is 9.21 Å². The zero-order chi connectivity index (χ0) is 23.5. The van der Waals surface area contributed by atoms with E-state index in [0.29, 0.717) is 34.2 Å². The van der Waals surface area contributed by atoms with E-state index < -0.39 is 0 Å². The number of carbonyl (C=O) groups is 1. The maximum atomic E-state index is 13.1. The van der Waals surface area contributed by atoms with Crippen molar-refractivity contribution in [3.05, 3.63) is 70.5 Å². The van der Waals surface area contributed by atoms with Crippen molar-refractivity contribution in [2.75, 3.05) is 18.8 Å². The first kappa shape index (κ1) is 22.3. The van der Waals surface area contributed by atoms with E-state index in [0.717, 1.165) is 31.5 Å². The van der Waals surface area contributed by atoms with Gasteiger partial charge in [0.1, 0.15) is 0 Å². The van der Waals surface area contributed by atoms with E-state index in [1.54, 1.807) is 6.07 Å². The van der Waals surface area contributed by atoms with Crippen LogP contribution in [0.1, 0.15) is 25.3 Å². The summed E-state index contributed by atoms with van der Waals surface area (Å²) >= 11 is 1.23. The van der Waals surface area contributed by atoms with Crippen LogP contribution in [0.3, 0.4) is 0 Å². The van der Waals surface area contributed by atoms with Gasteiger partial charge >= 0.3 is 0 Å². The Kier molecular flexibility index (Phi) is 6.44. The molecule has 4 aromatic rings. The number of rotatable bonds is 6. The average molecular weight is 476 g/mol. The summed E-state index contributed by atoms with van der Waals surface area (Å²) in [5.74, 6) is 1.08. The van der Waals surface area contributed by atoms with Gasteiger partial charge in [-0.2, -0.15) is 5.10 Å². The van der Waals surface area contributed by atoms with E-state index in [9.17, 15) is 9.59 Å². The zero-order valence-electron chi connectivity index (χ0n) is 18.9. The van der Waals surface area contributed by atoms with Crippen LogP contribution in [0.4, 0.5) is 0 Å². The fourth-order valence-corrected chi connectivity index (χ4v) is 4.92. The number of thioether (sulfide) groups is 1. The van der Waals surface area contributed by atoms with E-state index >= 15 is 0 Å². The maximum absolute atomic E-state index is 13.1. The Labute approximate surface area is 201 Å². The number of nitrogens with zero attached hydrogens (tertiary/aromatic N) is 5. The molecule has 0 saturated carbocycles. The molecule has 3 heterocycles. The molecule has 0 aliphatic carbocycles. The lowest BCUT2D eigenvalue weighted by molar-refractivity contribution is -0.130. The fourth-order valence-electron chi connectivity index (χ4n) is 4.25. The summed E-state index contributed by atoms with van der Waals surface area (Å²) in [4.78, 5) is 27.6. The van der Waals surface area contributed by atoms with Crippen molar-refractivity contribution in [2.45, 2.75) is 31.5 Å². The van der Waals surface area contributed by atoms with Gasteiger partial charge in [-0.1, -0.05) is 67.2 Å². The molecule has 9 heteroatoms. The lowest BCUT2D eigenvalue weighted by Crippen LogP contribution is -2.40. The van der Waals surface area contributed by atoms with Crippen LogP contribution < -0.4 is 5.56 Å². The quantitative estimate of drug-likeness (QED) is 0.391. The molecule has 0 spiro atoms. The van der Waals surface area contributed by atoms with Gasteiger partial charge < -0.3 is 9.32 Å². The van der Waals surface area contributed by atoms with Crippen LogP contribution in [-0.4, -0.2) is 49.6 Å². The third-order valence-corrected chi connectivity index (χ3v) is 6.78. The van der Waals surface area contributed by atoms with E-state index in [1.165, 1.54) is 16.4 Å². The maximum Gasteiger partial charge on any atom is 0.277 e. The summed E-state index contributed by atoms with van der Waals surface area (Å²) in [6.45, 7) is 4.10. The highest BCUT2D eigenvalue weighted by Gasteiger charge is 2.22. The Morgan fingerprint density at radius 1 is 1.09 bits per heavy atom. The highest BCUT2D eigenvalue weighted by molar-refractivity contribution is 7.99. The Morgan fingerprint density at radius 3 is 2.65 bits per heavy atom. The van der Waals surface area contributed by atoms with Gasteiger partial charge in [-0.3, -0.25) is 9.59 Å². The molecular formula is C25H25N5O3S. The number of hydrogen-bond acceptors (Lipinski definition) is 7. The van der Waals surface area contributed by atoms with Gasteiger partial charge in [0.25, 0.3) is 16.7 Å². The molecule has 0 bridgehead atoms. The van der Waals surface area contributed by atoms with Gasteiger partial charge in [-0.25, -0.2) is 4.68 Å². The summed E-state index contributed by atoms with van der Waals surface area (Å²) in [7, 11) is 0. The molecule has 1 atom stereocenters. The normalized spacial score (nSPS) is 16.1. The first-order valence-electron chi connectivity index (χ1n) is 11.4. The highest BCUT2D eigenvalue weighted by atomic mass is 32.2. The fraction of sp³-hybridized carbons (Fsp3) is 0.320. The molecule has 8 nitrogen and oxygen atoms in total. The largest absolute Gasteiger partial charge is 0.409 e. The zero-order valence-corrected chi connectivity index (χ0v) is 19.7. The highest BCUT2D eigenvalue weighted by Crippen LogP contribution is 2.27. The van der Waals surface area contributed by atoms with Crippen LogP contribution in [0.15, 0.2) is 69.0 Å². The summed E-state index contributed by atoms with van der Waals surface area (Å²) in [6, 6.07) is 16.9. The van der Waals surface area contributed by atoms with Crippen molar-refractivity contribution in [3.63, 3.8) is 0 Å². The standard InChI is InChI=1S/C25H25N5O3S/c1-17-8-7-13-29(14-17)21(31)16-34-25-27-26-23(33-25)22-19-11-5-6-12-20(19)24(32)30(28-22)15-18-9-3-2-4-10-18/h2-6,9-12,17H,7-8,13-16H2,1H3. The first-order chi connectivity index (χ1) is 16.6. The van der Waals surface area contributed by atoms with Crippen LogP contribution in [-0.2, 0) is 11.3 Å². The Balaban J connectivity index is 1.40. The number of fused-ring (bicyclic) bond motifs is 1. The molecule has 1 saturated heterocycles. The smallest absolute Gasteiger partial charge is 0.277 e. The summed E-state index contributed by atoms with van der Waals surface area (Å²) in [5.41, 5.74) is 1.23. The second kappa shape index (κ2) is 9.80. The van der Waals surface area contributed by atoms with Crippen LogP contribution in [0, 0.1) is 5.92 Å². The van der Waals surface area contributed by atoms with Crippen LogP contribution >= 0.6 is 11.8 Å². The number of piperidine rings is 1. The minimum absolute atomic E-state index is 0.0799. The molecule has 0 N–H and O–H groups in total. The van der Waals surface area contributed by atoms with Crippen LogP contribution in [0.5, 0.6) is 0 Å². The topological polar surface area (TPSA) is 94.1 Å².